The molecule has 32 heavy (non-hydrogen) atoms. The molecule has 2 heterocycles. The van der Waals surface area contributed by atoms with Crippen molar-refractivity contribution in [1.82, 2.24) is 20.5 Å². The molecule has 1 saturated carbocycles. The fourth-order valence-electron chi connectivity index (χ4n) is 4.20. The molecule has 2 unspecified atom stereocenters. The highest BCUT2D eigenvalue weighted by atomic mass is 19.4. The zero-order chi connectivity index (χ0) is 22.6. The van der Waals surface area contributed by atoms with Crippen LogP contribution in [0.15, 0.2) is 53.7 Å². The number of aliphatic imine (C=N–C) groups is 1. The summed E-state index contributed by atoms with van der Waals surface area (Å²) in [5, 5.41) is 6.83. The summed E-state index contributed by atoms with van der Waals surface area (Å²) in [5.74, 6) is 0.528. The van der Waals surface area contributed by atoms with Crippen molar-refractivity contribution in [2.24, 2.45) is 4.99 Å². The Kier molecular flexibility index (Phi) is 6.83. The van der Waals surface area contributed by atoms with Crippen LogP contribution in [0.4, 0.5) is 13.2 Å². The average molecular weight is 448 g/mol. The number of likely N-dealkylation sites (tertiary alicyclic amines) is 1. The number of guanidine groups is 1. The third-order valence-corrected chi connectivity index (χ3v) is 5.92. The number of hydrogen-bond donors (Lipinski definition) is 2. The van der Waals surface area contributed by atoms with Gasteiger partial charge in [0.05, 0.1) is 5.69 Å². The summed E-state index contributed by atoms with van der Waals surface area (Å²) >= 11 is 0. The lowest BCUT2D eigenvalue weighted by atomic mass is 10.0. The molecule has 2 N–H and O–H groups in total. The molecule has 0 spiro atoms. The normalized spacial score (nSPS) is 22.4. The second-order valence-corrected chi connectivity index (χ2v) is 8.27. The van der Waals surface area contributed by atoms with Crippen molar-refractivity contribution in [3.8, 4) is 5.75 Å². The minimum absolute atomic E-state index is 0.0310. The first kappa shape index (κ1) is 22.4. The molecule has 2 aliphatic rings. The smallest absolute Gasteiger partial charge is 0.405 e. The Balaban J connectivity index is 1.25. The molecule has 4 rings (SSSR count). The zero-order valence-electron chi connectivity index (χ0n) is 18.0. The van der Waals surface area contributed by atoms with E-state index in [1.807, 2.05) is 24.4 Å². The van der Waals surface area contributed by atoms with Crippen LogP contribution in [0.5, 0.6) is 5.75 Å². The van der Waals surface area contributed by atoms with Gasteiger partial charge in [0.15, 0.2) is 5.96 Å². The van der Waals surface area contributed by atoms with Gasteiger partial charge in [-0.1, -0.05) is 24.3 Å². The van der Waals surface area contributed by atoms with E-state index in [9.17, 15) is 13.2 Å². The van der Waals surface area contributed by atoms with E-state index in [-0.39, 0.29) is 17.7 Å². The van der Waals surface area contributed by atoms with E-state index in [4.69, 9.17) is 0 Å². The van der Waals surface area contributed by atoms with Gasteiger partial charge in [-0.15, -0.1) is 13.2 Å². The van der Waals surface area contributed by atoms with Crippen LogP contribution in [0, 0.1) is 0 Å². The van der Waals surface area contributed by atoms with Crippen LogP contribution < -0.4 is 15.4 Å². The van der Waals surface area contributed by atoms with Crippen LogP contribution >= 0.6 is 0 Å². The first-order valence-corrected chi connectivity index (χ1v) is 10.9. The standard InChI is InChI=1S/C23H28F3N5O/c1-27-22(29-16-9-12-31(13-10-16)15-17-6-4-5-11-28-17)30-20-14-19(20)18-7-2-3-8-21(18)32-23(24,25)26/h2-8,11,16,19-20H,9-10,12-15H2,1H3,(H2,27,29,30). The molecule has 2 atom stereocenters. The van der Waals surface area contributed by atoms with E-state index in [0.717, 1.165) is 44.6 Å². The van der Waals surface area contributed by atoms with Gasteiger partial charge >= 0.3 is 6.36 Å². The number of nitrogens with one attached hydrogen (secondary N) is 2. The highest BCUT2D eigenvalue weighted by Crippen LogP contribution is 2.45. The molecular weight excluding hydrogens is 419 g/mol. The van der Waals surface area contributed by atoms with Gasteiger partial charge in [-0.05, 0) is 43.0 Å². The number of ether oxygens (including phenoxy) is 1. The zero-order valence-corrected chi connectivity index (χ0v) is 18.0. The SMILES string of the molecule is CN=C(NC1CCN(Cc2ccccn2)CC1)NC1CC1c1ccccc1OC(F)(F)F. The van der Waals surface area contributed by atoms with Crippen LogP contribution in [-0.2, 0) is 6.54 Å². The highest BCUT2D eigenvalue weighted by molar-refractivity contribution is 5.81. The summed E-state index contributed by atoms with van der Waals surface area (Å²) in [5.41, 5.74) is 1.64. The average Bonchev–Trinajstić information content (AvgIpc) is 3.53. The van der Waals surface area contributed by atoms with Gasteiger partial charge in [-0.2, -0.15) is 0 Å². The Hall–Kier alpha value is -2.81. The molecule has 1 aromatic heterocycles. The van der Waals surface area contributed by atoms with Crippen LogP contribution in [0.3, 0.4) is 0 Å². The topological polar surface area (TPSA) is 61.8 Å². The summed E-state index contributed by atoms with van der Waals surface area (Å²) in [6.45, 7) is 2.79. The summed E-state index contributed by atoms with van der Waals surface area (Å²) in [4.78, 5) is 11.1. The number of benzene rings is 1. The molecule has 1 saturated heterocycles. The molecule has 6 nitrogen and oxygen atoms in total. The van der Waals surface area contributed by atoms with Crippen molar-refractivity contribution >= 4 is 5.96 Å². The molecule has 0 amide bonds. The lowest BCUT2D eigenvalue weighted by molar-refractivity contribution is -0.274. The summed E-state index contributed by atoms with van der Waals surface area (Å²) in [6.07, 6.45) is -0.162. The lowest BCUT2D eigenvalue weighted by Gasteiger charge is -2.32. The summed E-state index contributed by atoms with van der Waals surface area (Å²) in [6, 6.07) is 12.7. The Morgan fingerprint density at radius 2 is 1.88 bits per heavy atom. The number of hydrogen-bond acceptors (Lipinski definition) is 4. The minimum atomic E-state index is -4.70. The van der Waals surface area contributed by atoms with Crippen LogP contribution in [0.2, 0.25) is 0 Å². The monoisotopic (exact) mass is 447 g/mol. The van der Waals surface area contributed by atoms with Crippen LogP contribution in [0.25, 0.3) is 0 Å². The molecule has 1 aromatic carbocycles. The van der Waals surface area contributed by atoms with Crippen LogP contribution in [0.1, 0.15) is 36.4 Å². The highest BCUT2D eigenvalue weighted by Gasteiger charge is 2.42. The molecule has 9 heteroatoms. The van der Waals surface area contributed by atoms with Gasteiger partial charge in [-0.25, -0.2) is 0 Å². The predicted molar refractivity (Wildman–Crippen MR) is 116 cm³/mol. The Labute approximate surface area is 185 Å². The maximum Gasteiger partial charge on any atom is 0.573 e. The number of para-hydroxylation sites is 1. The van der Waals surface area contributed by atoms with Gasteiger partial charge in [-0.3, -0.25) is 14.9 Å². The van der Waals surface area contributed by atoms with Gasteiger partial charge in [0.25, 0.3) is 0 Å². The van der Waals surface area contributed by atoms with Gasteiger partial charge in [0.1, 0.15) is 5.75 Å². The van der Waals surface area contributed by atoms with E-state index < -0.39 is 6.36 Å². The quantitative estimate of drug-likeness (QED) is 0.523. The molecule has 1 aliphatic carbocycles. The summed E-state index contributed by atoms with van der Waals surface area (Å²) in [7, 11) is 1.71. The minimum Gasteiger partial charge on any atom is -0.405 e. The predicted octanol–water partition coefficient (Wildman–Crippen LogP) is 3.67. The number of alkyl halides is 3. The number of aromatic nitrogens is 1. The van der Waals surface area contributed by atoms with Crippen LogP contribution in [-0.4, -0.2) is 54.4 Å². The molecule has 172 valence electrons. The van der Waals surface area contributed by atoms with E-state index in [1.165, 1.54) is 6.07 Å². The molecular formula is C23H28F3N5O. The van der Waals surface area contributed by atoms with Crippen molar-refractivity contribution in [2.75, 3.05) is 20.1 Å². The Bertz CT molecular complexity index is 913. The van der Waals surface area contributed by atoms with Crippen molar-refractivity contribution < 1.29 is 17.9 Å². The lowest BCUT2D eigenvalue weighted by Crippen LogP contribution is -2.49. The number of rotatable bonds is 6. The van der Waals surface area contributed by atoms with Gasteiger partial charge < -0.3 is 15.4 Å². The third kappa shape index (κ3) is 6.12. The number of nitrogens with zero attached hydrogens (tertiary/aromatic N) is 3. The van der Waals surface area contributed by atoms with Gasteiger partial charge in [0.2, 0.25) is 0 Å². The molecule has 1 aliphatic heterocycles. The Morgan fingerprint density at radius 1 is 1.12 bits per heavy atom. The van der Waals surface area contributed by atoms with Crippen molar-refractivity contribution in [3.63, 3.8) is 0 Å². The fourth-order valence-corrected chi connectivity index (χ4v) is 4.20. The molecule has 0 bridgehead atoms. The molecule has 2 fully saturated rings. The molecule has 0 radical (unpaired) electrons. The van der Waals surface area contributed by atoms with Crippen molar-refractivity contribution in [1.29, 1.82) is 0 Å². The van der Waals surface area contributed by atoms with Crippen molar-refractivity contribution in [3.05, 3.63) is 59.9 Å². The maximum absolute atomic E-state index is 12.7. The second-order valence-electron chi connectivity index (χ2n) is 8.27. The van der Waals surface area contributed by atoms with E-state index in [1.54, 1.807) is 25.2 Å². The van der Waals surface area contributed by atoms with Gasteiger partial charge in [0, 0.05) is 50.9 Å². The largest absolute Gasteiger partial charge is 0.573 e. The number of piperidine rings is 1. The molecule has 2 aromatic rings. The van der Waals surface area contributed by atoms with E-state index in [2.05, 4.69) is 30.2 Å². The third-order valence-electron chi connectivity index (χ3n) is 5.92. The second kappa shape index (κ2) is 9.77. The van der Waals surface area contributed by atoms with E-state index >= 15 is 0 Å². The van der Waals surface area contributed by atoms with Crippen molar-refractivity contribution in [2.45, 2.75) is 50.2 Å². The number of pyridine rings is 1. The summed E-state index contributed by atoms with van der Waals surface area (Å²) < 4.78 is 42.3. The van der Waals surface area contributed by atoms with E-state index in [0.29, 0.717) is 17.6 Å². The Morgan fingerprint density at radius 3 is 2.56 bits per heavy atom. The number of halogens is 3. The maximum atomic E-state index is 12.7. The first-order valence-electron chi connectivity index (χ1n) is 10.9. The fraction of sp³-hybridized carbons (Fsp3) is 0.478. The first-order chi connectivity index (χ1) is 15.4.